The van der Waals surface area contributed by atoms with E-state index in [1.807, 2.05) is 24.3 Å². The predicted octanol–water partition coefficient (Wildman–Crippen LogP) is 2.74. The molecule has 0 fully saturated rings. The molecule has 3 aromatic rings. The lowest BCUT2D eigenvalue weighted by Gasteiger charge is -2.10. The monoisotopic (exact) mass is 387 g/mol. The van der Waals surface area contributed by atoms with Crippen molar-refractivity contribution in [3.63, 3.8) is 0 Å². The van der Waals surface area contributed by atoms with Crippen molar-refractivity contribution in [2.45, 2.75) is 6.42 Å². The Labute approximate surface area is 160 Å². The van der Waals surface area contributed by atoms with Gasteiger partial charge in [0.2, 0.25) is 0 Å². The Kier molecular flexibility index (Phi) is 5.93. The summed E-state index contributed by atoms with van der Waals surface area (Å²) >= 11 is 5.89. The zero-order valence-corrected chi connectivity index (χ0v) is 15.4. The molecular formula is C19H18ClN3O4. The van der Waals surface area contributed by atoms with E-state index in [1.54, 1.807) is 6.07 Å². The number of fused-ring (bicyclic) bond motifs is 1. The molecule has 2 N–H and O–H groups in total. The van der Waals surface area contributed by atoms with Crippen LogP contribution in [-0.4, -0.2) is 42.1 Å². The molecule has 1 amide bonds. The van der Waals surface area contributed by atoms with E-state index in [2.05, 4.69) is 20.0 Å². The first-order valence-corrected chi connectivity index (χ1v) is 8.65. The number of carbonyl (C=O) groups is 2. The van der Waals surface area contributed by atoms with Crippen LogP contribution in [0.3, 0.4) is 0 Å². The number of imidazole rings is 1. The van der Waals surface area contributed by atoms with E-state index >= 15 is 0 Å². The molecule has 2 aromatic carbocycles. The fourth-order valence-corrected chi connectivity index (χ4v) is 2.71. The number of carbonyl (C=O) groups excluding carboxylic acids is 2. The zero-order chi connectivity index (χ0) is 19.2. The Bertz CT molecular complexity index is 937. The summed E-state index contributed by atoms with van der Waals surface area (Å²) in [5.74, 6) is 0.136. The van der Waals surface area contributed by atoms with Gasteiger partial charge in [-0.05, 0) is 30.3 Å². The lowest BCUT2D eigenvalue weighted by atomic mass is 10.2. The third kappa shape index (κ3) is 4.77. The molecule has 7 nitrogen and oxygen atoms in total. The molecule has 0 saturated carbocycles. The topological polar surface area (TPSA) is 93.3 Å². The number of rotatable bonds is 7. The van der Waals surface area contributed by atoms with Crippen LogP contribution in [0.25, 0.3) is 11.0 Å². The van der Waals surface area contributed by atoms with Crippen LogP contribution in [0.5, 0.6) is 5.75 Å². The van der Waals surface area contributed by atoms with Crippen LogP contribution in [0.2, 0.25) is 5.02 Å². The van der Waals surface area contributed by atoms with Crippen LogP contribution in [-0.2, 0) is 16.0 Å². The first-order chi connectivity index (χ1) is 13.1. The number of halogens is 1. The van der Waals surface area contributed by atoms with E-state index in [0.717, 1.165) is 16.9 Å². The van der Waals surface area contributed by atoms with Crippen LogP contribution >= 0.6 is 11.6 Å². The summed E-state index contributed by atoms with van der Waals surface area (Å²) in [5, 5.41) is 3.13. The standard InChI is InChI=1S/C19H18ClN3O4/c1-26-19(25)13-10-12(20)6-7-16(13)27-11-18(24)21-9-8-17-22-14-4-2-3-5-15(14)23-17/h2-7,10H,8-9,11H2,1H3,(H,21,24)(H,22,23). The normalized spacial score (nSPS) is 10.6. The molecule has 1 aromatic heterocycles. The molecule has 0 aliphatic heterocycles. The molecule has 0 aliphatic carbocycles. The first-order valence-electron chi connectivity index (χ1n) is 8.28. The smallest absolute Gasteiger partial charge is 0.341 e. The molecule has 0 unspecified atom stereocenters. The van der Waals surface area contributed by atoms with Crippen molar-refractivity contribution < 1.29 is 19.1 Å². The minimum absolute atomic E-state index is 0.167. The third-order valence-corrected chi connectivity index (χ3v) is 4.06. The number of methoxy groups -OCH3 is 1. The Hall–Kier alpha value is -3.06. The van der Waals surface area contributed by atoms with Gasteiger partial charge in [0, 0.05) is 18.0 Å². The van der Waals surface area contributed by atoms with Crippen LogP contribution in [0.15, 0.2) is 42.5 Å². The minimum atomic E-state index is -0.585. The van der Waals surface area contributed by atoms with Crippen molar-refractivity contribution in [2.24, 2.45) is 0 Å². The second-order valence-electron chi connectivity index (χ2n) is 5.72. The summed E-state index contributed by atoms with van der Waals surface area (Å²) in [6.45, 7) is 0.179. The summed E-state index contributed by atoms with van der Waals surface area (Å²) in [6, 6.07) is 12.3. The molecule has 0 radical (unpaired) electrons. The largest absolute Gasteiger partial charge is 0.483 e. The van der Waals surface area contributed by atoms with Crippen molar-refractivity contribution in [2.75, 3.05) is 20.3 Å². The molecule has 1 heterocycles. The number of nitrogens with zero attached hydrogens (tertiary/aromatic N) is 1. The number of aromatic amines is 1. The molecular weight excluding hydrogens is 370 g/mol. The fraction of sp³-hybridized carbons (Fsp3) is 0.211. The zero-order valence-electron chi connectivity index (χ0n) is 14.6. The van der Waals surface area contributed by atoms with Crippen molar-refractivity contribution in [1.82, 2.24) is 15.3 Å². The van der Waals surface area contributed by atoms with Gasteiger partial charge in [0.05, 0.1) is 18.1 Å². The summed E-state index contributed by atoms with van der Waals surface area (Å²) in [6.07, 6.45) is 0.564. The van der Waals surface area contributed by atoms with Crippen LogP contribution in [0.1, 0.15) is 16.2 Å². The minimum Gasteiger partial charge on any atom is -0.483 e. The number of benzene rings is 2. The maximum Gasteiger partial charge on any atom is 0.341 e. The number of para-hydroxylation sites is 2. The number of nitrogens with one attached hydrogen (secondary N) is 2. The molecule has 0 saturated heterocycles. The van der Waals surface area contributed by atoms with Crippen molar-refractivity contribution in [3.05, 3.63) is 58.9 Å². The molecule has 0 aliphatic rings. The number of esters is 1. The molecule has 3 rings (SSSR count). The van der Waals surface area contributed by atoms with Gasteiger partial charge in [0.1, 0.15) is 17.1 Å². The lowest BCUT2D eigenvalue weighted by Crippen LogP contribution is -2.31. The van der Waals surface area contributed by atoms with E-state index < -0.39 is 5.97 Å². The lowest BCUT2D eigenvalue weighted by molar-refractivity contribution is -0.123. The van der Waals surface area contributed by atoms with Gasteiger partial charge in [-0.15, -0.1) is 0 Å². The molecule has 0 atom stereocenters. The van der Waals surface area contributed by atoms with Gasteiger partial charge >= 0.3 is 5.97 Å². The highest BCUT2D eigenvalue weighted by molar-refractivity contribution is 6.31. The van der Waals surface area contributed by atoms with Crippen LogP contribution in [0.4, 0.5) is 0 Å². The second kappa shape index (κ2) is 8.55. The van der Waals surface area contributed by atoms with Gasteiger partial charge in [-0.25, -0.2) is 9.78 Å². The molecule has 0 bridgehead atoms. The van der Waals surface area contributed by atoms with E-state index in [-0.39, 0.29) is 23.8 Å². The summed E-state index contributed by atoms with van der Waals surface area (Å²) in [4.78, 5) is 31.4. The quantitative estimate of drug-likeness (QED) is 0.608. The first kappa shape index (κ1) is 18.7. The number of ether oxygens (including phenoxy) is 2. The highest BCUT2D eigenvalue weighted by Crippen LogP contribution is 2.23. The maximum atomic E-state index is 12.0. The number of hydrogen-bond acceptors (Lipinski definition) is 5. The van der Waals surface area contributed by atoms with Crippen LogP contribution < -0.4 is 10.1 Å². The third-order valence-electron chi connectivity index (χ3n) is 3.83. The summed E-state index contributed by atoms with van der Waals surface area (Å²) in [7, 11) is 1.26. The molecule has 0 spiro atoms. The van der Waals surface area contributed by atoms with Gasteiger partial charge in [0.15, 0.2) is 6.61 Å². The Morgan fingerprint density at radius 2 is 2.04 bits per heavy atom. The van der Waals surface area contributed by atoms with Crippen molar-refractivity contribution in [1.29, 1.82) is 0 Å². The summed E-state index contributed by atoms with van der Waals surface area (Å²) < 4.78 is 10.1. The predicted molar refractivity (Wildman–Crippen MR) is 101 cm³/mol. The van der Waals surface area contributed by atoms with Crippen molar-refractivity contribution >= 4 is 34.5 Å². The maximum absolute atomic E-state index is 12.0. The molecule has 140 valence electrons. The molecule has 8 heteroatoms. The van der Waals surface area contributed by atoms with Gasteiger partial charge in [0.25, 0.3) is 5.91 Å². The SMILES string of the molecule is COC(=O)c1cc(Cl)ccc1OCC(=O)NCCc1nc2ccccc2[nH]1. The van der Waals surface area contributed by atoms with Gasteiger partial charge in [-0.2, -0.15) is 0 Å². The highest BCUT2D eigenvalue weighted by Gasteiger charge is 2.15. The average molecular weight is 388 g/mol. The second-order valence-corrected chi connectivity index (χ2v) is 6.16. The highest BCUT2D eigenvalue weighted by atomic mass is 35.5. The van der Waals surface area contributed by atoms with Crippen molar-refractivity contribution in [3.8, 4) is 5.75 Å². The van der Waals surface area contributed by atoms with Gasteiger partial charge < -0.3 is 19.8 Å². The Balaban J connectivity index is 1.50. The number of aromatic nitrogens is 2. The van der Waals surface area contributed by atoms with E-state index in [4.69, 9.17) is 16.3 Å². The van der Waals surface area contributed by atoms with Gasteiger partial charge in [-0.1, -0.05) is 23.7 Å². The number of amides is 1. The number of hydrogen-bond donors (Lipinski definition) is 2. The fourth-order valence-electron chi connectivity index (χ4n) is 2.54. The average Bonchev–Trinajstić information content (AvgIpc) is 3.09. The Morgan fingerprint density at radius 1 is 1.22 bits per heavy atom. The van der Waals surface area contributed by atoms with Gasteiger partial charge in [-0.3, -0.25) is 4.79 Å². The van der Waals surface area contributed by atoms with Crippen LogP contribution in [0, 0.1) is 0 Å². The van der Waals surface area contributed by atoms with E-state index in [0.29, 0.717) is 18.0 Å². The van der Waals surface area contributed by atoms with E-state index in [9.17, 15) is 9.59 Å². The molecule has 27 heavy (non-hydrogen) atoms. The Morgan fingerprint density at radius 3 is 2.81 bits per heavy atom. The van der Waals surface area contributed by atoms with E-state index in [1.165, 1.54) is 19.2 Å². The summed E-state index contributed by atoms with van der Waals surface area (Å²) in [5.41, 5.74) is 2.01. The number of H-pyrrole nitrogens is 1.